The van der Waals surface area contributed by atoms with Crippen LogP contribution >= 0.6 is 23.1 Å². The van der Waals surface area contributed by atoms with E-state index in [0.29, 0.717) is 23.9 Å². The van der Waals surface area contributed by atoms with Crippen molar-refractivity contribution in [1.82, 2.24) is 14.5 Å². The van der Waals surface area contributed by atoms with Crippen molar-refractivity contribution in [2.75, 3.05) is 38.7 Å². The molecule has 1 amide bonds. The number of anilines is 1. The van der Waals surface area contributed by atoms with Crippen LogP contribution in [0.5, 0.6) is 5.75 Å². The third kappa shape index (κ3) is 6.67. The number of ether oxygens (including phenoxy) is 2. The van der Waals surface area contributed by atoms with E-state index in [0.717, 1.165) is 10.1 Å². The van der Waals surface area contributed by atoms with Gasteiger partial charge in [0.1, 0.15) is 10.6 Å². The van der Waals surface area contributed by atoms with Crippen LogP contribution in [0.4, 0.5) is 5.13 Å². The molecule has 0 aliphatic carbocycles. The smallest absolute Gasteiger partial charge is 0.250 e. The first-order valence-electron chi connectivity index (χ1n) is 10.7. The number of rotatable bonds is 9. The van der Waals surface area contributed by atoms with Crippen LogP contribution in [0.2, 0.25) is 0 Å². The Morgan fingerprint density at radius 3 is 2.71 bits per heavy atom. The summed E-state index contributed by atoms with van der Waals surface area (Å²) in [5, 5.41) is 11.2. The number of methoxy groups -OCH3 is 1. The lowest BCUT2D eigenvalue weighted by molar-refractivity contribution is -0.111. The van der Waals surface area contributed by atoms with Crippen molar-refractivity contribution in [3.63, 3.8) is 0 Å². The predicted molar refractivity (Wildman–Crippen MR) is 136 cm³/mol. The molecule has 1 aromatic heterocycles. The lowest BCUT2D eigenvalue weighted by Crippen LogP contribution is -2.40. The molecule has 9 nitrogen and oxygen atoms in total. The second-order valence-electron chi connectivity index (χ2n) is 7.40. The normalized spacial score (nSPS) is 14.8. The van der Waals surface area contributed by atoms with Gasteiger partial charge in [-0.25, -0.2) is 8.42 Å². The lowest BCUT2D eigenvalue weighted by atomic mass is 10.2. The van der Waals surface area contributed by atoms with E-state index in [1.165, 1.54) is 40.5 Å². The topological polar surface area (TPSA) is 111 Å². The monoisotopic (exact) mass is 532 g/mol. The van der Waals surface area contributed by atoms with Crippen molar-refractivity contribution >= 4 is 50.2 Å². The molecule has 0 unspecified atom stereocenters. The summed E-state index contributed by atoms with van der Waals surface area (Å²) in [4.78, 5) is 12.4. The summed E-state index contributed by atoms with van der Waals surface area (Å²) in [6, 6.07) is 14.8. The molecule has 2 aromatic carbocycles. The highest BCUT2D eigenvalue weighted by atomic mass is 32.2. The van der Waals surface area contributed by atoms with Crippen LogP contribution in [0, 0.1) is 0 Å². The summed E-state index contributed by atoms with van der Waals surface area (Å²) >= 11 is 2.84. The number of carbonyl (C=O) groups is 1. The molecule has 1 fully saturated rings. The number of hydrogen-bond acceptors (Lipinski definition) is 9. The first-order valence-corrected chi connectivity index (χ1v) is 13.9. The van der Waals surface area contributed by atoms with Gasteiger partial charge in [-0.15, -0.1) is 10.2 Å². The van der Waals surface area contributed by atoms with Crippen LogP contribution in [0.25, 0.3) is 6.08 Å². The number of thioether (sulfide) groups is 1. The number of nitrogens with zero attached hydrogens (tertiary/aromatic N) is 3. The molecule has 1 aliphatic rings. The number of hydrogen-bond donors (Lipinski definition) is 1. The van der Waals surface area contributed by atoms with Crippen molar-refractivity contribution in [2.45, 2.75) is 15.0 Å². The van der Waals surface area contributed by atoms with Gasteiger partial charge in [-0.2, -0.15) is 4.31 Å². The van der Waals surface area contributed by atoms with Crippen molar-refractivity contribution in [2.24, 2.45) is 0 Å². The molecule has 0 bridgehead atoms. The first kappa shape index (κ1) is 25.3. The molecule has 0 atom stereocenters. The van der Waals surface area contributed by atoms with E-state index in [9.17, 15) is 13.2 Å². The van der Waals surface area contributed by atoms with Gasteiger partial charge in [-0.1, -0.05) is 59.5 Å². The molecular formula is C23H24N4O5S3. The molecule has 184 valence electrons. The SMILES string of the molecule is COc1ccc(/C=C/C(=O)Nc2nnc(SCc3ccccc3)s2)cc1S(=O)(=O)N1CCOCC1. The Kier molecular flexibility index (Phi) is 8.52. The molecule has 0 saturated carbocycles. The number of benzene rings is 2. The van der Waals surface area contributed by atoms with E-state index in [1.54, 1.807) is 30.0 Å². The summed E-state index contributed by atoms with van der Waals surface area (Å²) < 4.78 is 38.9. The molecule has 3 aromatic rings. The molecule has 2 heterocycles. The number of sulfonamides is 1. The van der Waals surface area contributed by atoms with E-state index >= 15 is 0 Å². The fourth-order valence-corrected chi connectivity index (χ4v) is 6.59. The number of amides is 1. The maximum absolute atomic E-state index is 13.1. The van der Waals surface area contributed by atoms with Gasteiger partial charge < -0.3 is 9.47 Å². The number of aromatic nitrogens is 2. The highest BCUT2D eigenvalue weighted by molar-refractivity contribution is 8.00. The van der Waals surface area contributed by atoms with E-state index in [4.69, 9.17) is 9.47 Å². The third-order valence-electron chi connectivity index (χ3n) is 5.04. The summed E-state index contributed by atoms with van der Waals surface area (Å²) in [7, 11) is -2.34. The molecule has 1 N–H and O–H groups in total. The first-order chi connectivity index (χ1) is 17.0. The third-order valence-corrected chi connectivity index (χ3v) is 9.01. The fraction of sp³-hybridized carbons (Fsp3) is 0.261. The van der Waals surface area contributed by atoms with E-state index in [2.05, 4.69) is 15.5 Å². The maximum Gasteiger partial charge on any atom is 0.250 e. The van der Waals surface area contributed by atoms with E-state index < -0.39 is 15.9 Å². The van der Waals surface area contributed by atoms with Crippen LogP contribution < -0.4 is 10.1 Å². The molecular weight excluding hydrogens is 508 g/mol. The van der Waals surface area contributed by atoms with E-state index in [-0.39, 0.29) is 23.7 Å². The molecule has 1 saturated heterocycles. The Balaban J connectivity index is 1.40. The minimum absolute atomic E-state index is 0.0497. The van der Waals surface area contributed by atoms with Crippen molar-refractivity contribution in [3.8, 4) is 5.75 Å². The quantitative estimate of drug-likeness (QED) is 0.253. The van der Waals surface area contributed by atoms with Gasteiger partial charge in [0.2, 0.25) is 21.1 Å². The number of nitrogens with one attached hydrogen (secondary N) is 1. The van der Waals surface area contributed by atoms with Gasteiger partial charge in [0.05, 0.1) is 20.3 Å². The average molecular weight is 533 g/mol. The predicted octanol–water partition coefficient (Wildman–Crippen LogP) is 3.51. The second-order valence-corrected chi connectivity index (χ2v) is 11.5. The zero-order valence-corrected chi connectivity index (χ0v) is 21.4. The minimum atomic E-state index is -3.76. The molecule has 0 spiro atoms. The van der Waals surface area contributed by atoms with Gasteiger partial charge >= 0.3 is 0 Å². The van der Waals surface area contributed by atoms with Crippen LogP contribution in [0.15, 0.2) is 63.8 Å². The highest BCUT2D eigenvalue weighted by Crippen LogP contribution is 2.30. The fourth-order valence-electron chi connectivity index (χ4n) is 3.28. The number of carbonyl (C=O) groups excluding carboxylic acids is 1. The number of morpholine rings is 1. The summed E-state index contributed by atoms with van der Waals surface area (Å²) in [6.45, 7) is 1.25. The van der Waals surface area contributed by atoms with Gasteiger partial charge in [0.15, 0.2) is 4.34 Å². The van der Waals surface area contributed by atoms with Crippen molar-refractivity contribution in [1.29, 1.82) is 0 Å². The van der Waals surface area contributed by atoms with Crippen LogP contribution in [-0.4, -0.2) is 62.2 Å². The van der Waals surface area contributed by atoms with Gasteiger partial charge in [-0.3, -0.25) is 10.1 Å². The molecule has 12 heteroatoms. The van der Waals surface area contributed by atoms with Crippen molar-refractivity contribution < 1.29 is 22.7 Å². The molecule has 4 rings (SSSR count). The summed E-state index contributed by atoms with van der Waals surface area (Å²) in [6.07, 6.45) is 2.87. The van der Waals surface area contributed by atoms with Crippen LogP contribution in [0.1, 0.15) is 11.1 Å². The van der Waals surface area contributed by atoms with Gasteiger partial charge in [0.25, 0.3) is 0 Å². The average Bonchev–Trinajstić information content (AvgIpc) is 3.34. The van der Waals surface area contributed by atoms with Crippen molar-refractivity contribution in [3.05, 3.63) is 65.7 Å². The minimum Gasteiger partial charge on any atom is -0.495 e. The van der Waals surface area contributed by atoms with Gasteiger partial charge in [-0.05, 0) is 29.3 Å². The second kappa shape index (κ2) is 11.8. The summed E-state index contributed by atoms with van der Waals surface area (Å²) in [5.74, 6) is 0.609. The molecule has 35 heavy (non-hydrogen) atoms. The highest BCUT2D eigenvalue weighted by Gasteiger charge is 2.29. The Morgan fingerprint density at radius 2 is 1.97 bits per heavy atom. The Hall–Kier alpha value is -2.77. The van der Waals surface area contributed by atoms with Crippen LogP contribution in [-0.2, 0) is 25.3 Å². The Bertz CT molecular complexity index is 1290. The lowest BCUT2D eigenvalue weighted by Gasteiger charge is -2.26. The maximum atomic E-state index is 13.1. The zero-order chi connectivity index (χ0) is 24.7. The largest absolute Gasteiger partial charge is 0.495 e. The summed E-state index contributed by atoms with van der Waals surface area (Å²) in [5.41, 5.74) is 1.72. The van der Waals surface area contributed by atoms with Crippen LogP contribution in [0.3, 0.4) is 0 Å². The standard InChI is InChI=1S/C23H24N4O5S3/c1-31-19-9-7-17(15-20(19)35(29,30)27-11-13-32-14-12-27)8-10-21(28)24-22-25-26-23(34-22)33-16-18-5-3-2-4-6-18/h2-10,15H,11-14,16H2,1H3,(H,24,25,28)/b10-8+. The Labute approximate surface area is 212 Å². The Morgan fingerprint density at radius 1 is 1.20 bits per heavy atom. The molecule has 0 radical (unpaired) electrons. The molecule has 1 aliphatic heterocycles. The van der Waals surface area contributed by atoms with E-state index in [1.807, 2.05) is 30.3 Å². The zero-order valence-electron chi connectivity index (χ0n) is 18.9. The van der Waals surface area contributed by atoms with Gasteiger partial charge in [0, 0.05) is 24.9 Å².